The van der Waals surface area contributed by atoms with Crippen molar-refractivity contribution >= 4 is 37.4 Å². The lowest BCUT2D eigenvalue weighted by Crippen LogP contribution is -2.13. The summed E-state index contributed by atoms with van der Waals surface area (Å²) in [5, 5.41) is 9.25. The maximum Gasteiger partial charge on any atom is 0.265 e. The van der Waals surface area contributed by atoms with E-state index in [1.807, 2.05) is 12.1 Å². The fourth-order valence-corrected chi connectivity index (χ4v) is 3.80. The Bertz CT molecular complexity index is 869. The summed E-state index contributed by atoms with van der Waals surface area (Å²) in [6.07, 6.45) is 1.57. The van der Waals surface area contributed by atoms with E-state index in [1.165, 1.54) is 17.4 Å². The Balaban J connectivity index is 2.09. The van der Waals surface area contributed by atoms with Gasteiger partial charge in [0.2, 0.25) is 5.13 Å². The zero-order chi connectivity index (χ0) is 14.2. The van der Waals surface area contributed by atoms with E-state index in [0.29, 0.717) is 10.5 Å². The second-order valence-corrected chi connectivity index (χ2v) is 6.90. The zero-order valence-electron chi connectivity index (χ0n) is 10.4. The number of anilines is 1. The number of nitrogens with zero attached hydrogens (tertiary/aromatic N) is 3. The third kappa shape index (κ3) is 2.35. The van der Waals surface area contributed by atoms with Gasteiger partial charge in [0.15, 0.2) is 0 Å². The number of rotatable bonds is 3. The molecule has 0 saturated carbocycles. The third-order valence-electron chi connectivity index (χ3n) is 2.63. The molecule has 0 bridgehead atoms. The first kappa shape index (κ1) is 12.9. The Kier molecular flexibility index (Phi) is 3.11. The number of hydrogen-bond donors (Lipinski definition) is 1. The van der Waals surface area contributed by atoms with Crippen LogP contribution in [0.1, 0.15) is 5.01 Å². The summed E-state index contributed by atoms with van der Waals surface area (Å²) in [7, 11) is -3.73. The van der Waals surface area contributed by atoms with E-state index in [-0.39, 0.29) is 10.0 Å². The molecule has 8 heteroatoms. The molecule has 102 valence electrons. The van der Waals surface area contributed by atoms with E-state index >= 15 is 0 Å². The van der Waals surface area contributed by atoms with Crippen LogP contribution in [0.4, 0.5) is 5.13 Å². The van der Waals surface area contributed by atoms with Crippen molar-refractivity contribution in [3.8, 4) is 0 Å². The van der Waals surface area contributed by atoms with Gasteiger partial charge in [-0.3, -0.25) is 9.71 Å². The lowest BCUT2D eigenvalue weighted by atomic mass is 10.2. The van der Waals surface area contributed by atoms with E-state index in [9.17, 15) is 8.42 Å². The van der Waals surface area contributed by atoms with Crippen LogP contribution < -0.4 is 4.72 Å². The first-order valence-electron chi connectivity index (χ1n) is 5.73. The van der Waals surface area contributed by atoms with E-state index in [1.54, 1.807) is 25.3 Å². The van der Waals surface area contributed by atoms with Crippen molar-refractivity contribution in [1.82, 2.24) is 15.2 Å². The van der Waals surface area contributed by atoms with Crippen molar-refractivity contribution < 1.29 is 8.42 Å². The molecule has 2 heterocycles. The lowest BCUT2D eigenvalue weighted by Gasteiger charge is -2.07. The van der Waals surface area contributed by atoms with Crippen LogP contribution in [0.25, 0.3) is 10.9 Å². The molecule has 3 rings (SSSR count). The molecule has 0 aliphatic heterocycles. The second kappa shape index (κ2) is 4.80. The van der Waals surface area contributed by atoms with Gasteiger partial charge in [-0.15, -0.1) is 10.2 Å². The maximum absolute atomic E-state index is 12.4. The fraction of sp³-hybridized carbons (Fsp3) is 0.0833. The summed E-state index contributed by atoms with van der Waals surface area (Å²) in [4.78, 5) is 4.27. The van der Waals surface area contributed by atoms with Gasteiger partial charge in [0, 0.05) is 11.6 Å². The second-order valence-electron chi connectivity index (χ2n) is 4.06. The highest BCUT2D eigenvalue weighted by Gasteiger charge is 2.19. The van der Waals surface area contributed by atoms with Crippen molar-refractivity contribution in [2.75, 3.05) is 4.72 Å². The number of nitrogens with one attached hydrogen (secondary N) is 1. The number of sulfonamides is 1. The standard InChI is InChI=1S/C12H10N4O2S2/c1-8-14-15-12(19-8)16-20(17,18)10-6-2-4-9-5-3-7-13-11(9)10/h2-7H,1H3,(H,15,16). The molecule has 6 nitrogen and oxygen atoms in total. The fourth-order valence-electron chi connectivity index (χ4n) is 1.80. The van der Waals surface area contributed by atoms with Crippen LogP contribution in [-0.2, 0) is 10.0 Å². The van der Waals surface area contributed by atoms with Gasteiger partial charge in [-0.05, 0) is 19.1 Å². The number of fused-ring (bicyclic) bond motifs is 1. The van der Waals surface area contributed by atoms with Gasteiger partial charge in [0.1, 0.15) is 9.90 Å². The van der Waals surface area contributed by atoms with Crippen molar-refractivity contribution in [2.24, 2.45) is 0 Å². The van der Waals surface area contributed by atoms with Crippen LogP contribution in [-0.4, -0.2) is 23.6 Å². The Hall–Kier alpha value is -2.06. The minimum Gasteiger partial charge on any atom is -0.255 e. The van der Waals surface area contributed by atoms with Crippen molar-refractivity contribution in [3.05, 3.63) is 41.5 Å². The predicted molar refractivity (Wildman–Crippen MR) is 77.2 cm³/mol. The van der Waals surface area contributed by atoms with Crippen LogP contribution in [0.2, 0.25) is 0 Å². The topological polar surface area (TPSA) is 84.8 Å². The molecule has 0 unspecified atom stereocenters. The van der Waals surface area contributed by atoms with Crippen LogP contribution in [0.3, 0.4) is 0 Å². The molecule has 0 spiro atoms. The molecule has 0 aliphatic carbocycles. The first-order chi connectivity index (χ1) is 9.56. The normalized spacial score (nSPS) is 11.7. The van der Waals surface area contributed by atoms with Crippen molar-refractivity contribution in [1.29, 1.82) is 0 Å². The Morgan fingerprint density at radius 3 is 2.70 bits per heavy atom. The Labute approximate surface area is 119 Å². The van der Waals surface area contributed by atoms with Crippen LogP contribution >= 0.6 is 11.3 Å². The van der Waals surface area contributed by atoms with E-state index in [2.05, 4.69) is 19.9 Å². The quantitative estimate of drug-likeness (QED) is 0.802. The molecule has 0 radical (unpaired) electrons. The third-order valence-corrected chi connectivity index (χ3v) is 4.89. The summed E-state index contributed by atoms with van der Waals surface area (Å²) in [5.41, 5.74) is 0.434. The molecule has 1 aromatic carbocycles. The molecule has 0 atom stereocenters. The molecule has 0 amide bonds. The molecule has 20 heavy (non-hydrogen) atoms. The molecule has 1 N–H and O–H groups in total. The smallest absolute Gasteiger partial charge is 0.255 e. The highest BCUT2D eigenvalue weighted by molar-refractivity contribution is 7.93. The van der Waals surface area contributed by atoms with Gasteiger partial charge in [-0.1, -0.05) is 29.5 Å². The summed E-state index contributed by atoms with van der Waals surface area (Å²) in [6, 6.07) is 8.60. The van der Waals surface area contributed by atoms with Crippen LogP contribution in [0, 0.1) is 6.92 Å². The minimum atomic E-state index is -3.73. The average Bonchev–Trinajstić information content (AvgIpc) is 2.82. The Morgan fingerprint density at radius 2 is 1.95 bits per heavy atom. The molecule has 3 aromatic rings. The number of para-hydroxylation sites is 1. The monoisotopic (exact) mass is 306 g/mol. The van der Waals surface area contributed by atoms with Crippen molar-refractivity contribution in [3.63, 3.8) is 0 Å². The van der Waals surface area contributed by atoms with Gasteiger partial charge >= 0.3 is 0 Å². The number of hydrogen-bond acceptors (Lipinski definition) is 6. The molecule has 2 aromatic heterocycles. The number of benzene rings is 1. The van der Waals surface area contributed by atoms with Gasteiger partial charge in [-0.25, -0.2) is 8.42 Å². The van der Waals surface area contributed by atoms with Gasteiger partial charge in [0.05, 0.1) is 5.52 Å². The summed E-state index contributed by atoms with van der Waals surface area (Å²) >= 11 is 1.18. The molecule has 0 fully saturated rings. The van der Waals surface area contributed by atoms with E-state index < -0.39 is 10.0 Å². The highest BCUT2D eigenvalue weighted by atomic mass is 32.2. The highest BCUT2D eigenvalue weighted by Crippen LogP contribution is 2.24. The number of aryl methyl sites for hydroxylation is 1. The van der Waals surface area contributed by atoms with Gasteiger partial charge < -0.3 is 0 Å². The number of aromatic nitrogens is 3. The van der Waals surface area contributed by atoms with E-state index in [4.69, 9.17) is 0 Å². The largest absolute Gasteiger partial charge is 0.265 e. The average molecular weight is 306 g/mol. The number of pyridine rings is 1. The summed E-state index contributed by atoms with van der Waals surface area (Å²) in [5.74, 6) is 0. The Morgan fingerprint density at radius 1 is 1.15 bits per heavy atom. The van der Waals surface area contributed by atoms with E-state index in [0.717, 1.165) is 5.39 Å². The molecular weight excluding hydrogens is 296 g/mol. The van der Waals surface area contributed by atoms with Crippen molar-refractivity contribution in [2.45, 2.75) is 11.8 Å². The zero-order valence-corrected chi connectivity index (χ0v) is 12.1. The molecule has 0 saturated heterocycles. The lowest BCUT2D eigenvalue weighted by molar-refractivity contribution is 0.602. The molecular formula is C12H10N4O2S2. The SMILES string of the molecule is Cc1nnc(NS(=O)(=O)c2cccc3cccnc23)s1. The first-order valence-corrected chi connectivity index (χ1v) is 8.03. The predicted octanol–water partition coefficient (Wildman–Crippen LogP) is 2.20. The van der Waals surface area contributed by atoms with Gasteiger partial charge in [-0.2, -0.15) is 0 Å². The summed E-state index contributed by atoms with van der Waals surface area (Å²) in [6.45, 7) is 1.76. The molecule has 0 aliphatic rings. The van der Waals surface area contributed by atoms with Gasteiger partial charge in [0.25, 0.3) is 10.0 Å². The maximum atomic E-state index is 12.4. The summed E-state index contributed by atoms with van der Waals surface area (Å²) < 4.78 is 27.2. The van der Waals surface area contributed by atoms with Crippen LogP contribution in [0.5, 0.6) is 0 Å². The minimum absolute atomic E-state index is 0.128. The van der Waals surface area contributed by atoms with Crippen LogP contribution in [0.15, 0.2) is 41.4 Å².